The molecule has 1 aromatic rings. The molecular weight excluding hydrogens is 206 g/mol. The van der Waals surface area contributed by atoms with E-state index in [1.807, 2.05) is 0 Å². The Balaban J connectivity index is 1.91. The smallest absolute Gasteiger partial charge is 0.00414 e. The zero-order valence-corrected chi connectivity index (χ0v) is 11.6. The van der Waals surface area contributed by atoms with Crippen molar-refractivity contribution < 1.29 is 0 Å². The molecule has 0 radical (unpaired) electrons. The van der Waals surface area contributed by atoms with Crippen LogP contribution in [0.4, 0.5) is 0 Å². The van der Waals surface area contributed by atoms with Gasteiger partial charge in [0.15, 0.2) is 0 Å². The van der Waals surface area contributed by atoms with Crippen molar-refractivity contribution >= 4 is 0 Å². The minimum absolute atomic E-state index is 0.659. The highest BCUT2D eigenvalue weighted by molar-refractivity contribution is 5.25. The van der Waals surface area contributed by atoms with Crippen molar-refractivity contribution in [3.05, 3.63) is 35.9 Å². The first-order valence-corrected chi connectivity index (χ1v) is 6.90. The molecule has 1 heteroatoms. The van der Waals surface area contributed by atoms with Gasteiger partial charge in [0.2, 0.25) is 0 Å². The van der Waals surface area contributed by atoms with Crippen molar-refractivity contribution in [3.8, 4) is 0 Å². The summed E-state index contributed by atoms with van der Waals surface area (Å²) in [6.45, 7) is 10.5. The van der Waals surface area contributed by atoms with Crippen LogP contribution in [-0.2, 0) is 0 Å². The molecule has 0 N–H and O–H groups in total. The van der Waals surface area contributed by atoms with E-state index in [2.05, 4.69) is 62.9 Å². The molecule has 1 aromatic carbocycles. The molecule has 1 aliphatic rings. The lowest BCUT2D eigenvalue weighted by Crippen LogP contribution is -2.38. The summed E-state index contributed by atoms with van der Waals surface area (Å²) < 4.78 is 0. The van der Waals surface area contributed by atoms with E-state index in [9.17, 15) is 0 Å². The van der Waals surface area contributed by atoms with Gasteiger partial charge in [-0.1, -0.05) is 30.3 Å². The molecule has 0 spiro atoms. The van der Waals surface area contributed by atoms with E-state index in [1.165, 1.54) is 18.5 Å². The van der Waals surface area contributed by atoms with E-state index in [-0.39, 0.29) is 0 Å². The van der Waals surface area contributed by atoms with E-state index in [0.717, 1.165) is 11.8 Å². The summed E-state index contributed by atoms with van der Waals surface area (Å²) >= 11 is 0. The second-order valence-electron chi connectivity index (χ2n) is 5.90. The van der Waals surface area contributed by atoms with Crippen LogP contribution >= 0.6 is 0 Å². The molecule has 0 heterocycles. The third-order valence-corrected chi connectivity index (χ3v) is 3.92. The molecule has 2 rings (SSSR count). The van der Waals surface area contributed by atoms with E-state index < -0.39 is 0 Å². The molecular formula is C16H25N. The van der Waals surface area contributed by atoms with Gasteiger partial charge >= 0.3 is 0 Å². The van der Waals surface area contributed by atoms with Gasteiger partial charge in [-0.15, -0.1) is 0 Å². The molecule has 0 saturated heterocycles. The Morgan fingerprint density at radius 1 is 1.06 bits per heavy atom. The molecule has 1 aliphatic carbocycles. The monoisotopic (exact) mass is 231 g/mol. The fourth-order valence-electron chi connectivity index (χ4n) is 2.85. The Morgan fingerprint density at radius 3 is 2.18 bits per heavy atom. The number of nitrogens with zero attached hydrogens (tertiary/aromatic N) is 1. The highest BCUT2D eigenvalue weighted by Gasteiger charge is 2.39. The largest absolute Gasteiger partial charge is 0.298 e. The first-order chi connectivity index (χ1) is 8.09. The molecule has 0 aromatic heterocycles. The summed E-state index contributed by atoms with van der Waals surface area (Å²) in [4.78, 5) is 2.62. The second-order valence-corrected chi connectivity index (χ2v) is 5.90. The van der Waals surface area contributed by atoms with Crippen LogP contribution in [0.1, 0.15) is 45.6 Å². The molecule has 2 atom stereocenters. The van der Waals surface area contributed by atoms with Gasteiger partial charge in [-0.3, -0.25) is 4.90 Å². The minimum atomic E-state index is 0.659. The summed E-state index contributed by atoms with van der Waals surface area (Å²) in [6.07, 6.45) is 1.37. The maximum Gasteiger partial charge on any atom is 0.00414 e. The molecule has 0 aliphatic heterocycles. The number of hydrogen-bond acceptors (Lipinski definition) is 1. The second kappa shape index (κ2) is 5.22. The van der Waals surface area contributed by atoms with Gasteiger partial charge in [-0.25, -0.2) is 0 Å². The first kappa shape index (κ1) is 12.6. The number of hydrogen-bond donors (Lipinski definition) is 0. The van der Waals surface area contributed by atoms with E-state index in [1.54, 1.807) is 0 Å². The topological polar surface area (TPSA) is 3.24 Å². The van der Waals surface area contributed by atoms with Gasteiger partial charge in [-0.2, -0.15) is 0 Å². The highest BCUT2D eigenvalue weighted by atomic mass is 15.2. The third-order valence-electron chi connectivity index (χ3n) is 3.92. The van der Waals surface area contributed by atoms with Crippen molar-refractivity contribution in [2.45, 2.75) is 52.1 Å². The van der Waals surface area contributed by atoms with Crippen LogP contribution in [0.2, 0.25) is 0 Å². The van der Waals surface area contributed by atoms with Gasteiger partial charge in [0.05, 0.1) is 0 Å². The highest BCUT2D eigenvalue weighted by Crippen LogP contribution is 2.48. The Kier molecular flexibility index (Phi) is 3.88. The fourth-order valence-corrected chi connectivity index (χ4v) is 2.85. The summed E-state index contributed by atoms with van der Waals surface area (Å²) in [5.41, 5.74) is 1.53. The maximum atomic E-state index is 2.62. The fraction of sp³-hybridized carbons (Fsp3) is 0.625. The zero-order valence-electron chi connectivity index (χ0n) is 11.6. The maximum absolute atomic E-state index is 2.62. The molecule has 0 bridgehead atoms. The van der Waals surface area contributed by atoms with Crippen molar-refractivity contribution in [3.63, 3.8) is 0 Å². The quantitative estimate of drug-likeness (QED) is 0.742. The third kappa shape index (κ3) is 3.10. The van der Waals surface area contributed by atoms with Crippen molar-refractivity contribution in [1.29, 1.82) is 0 Å². The van der Waals surface area contributed by atoms with Crippen LogP contribution in [0, 0.1) is 5.92 Å². The van der Waals surface area contributed by atoms with Crippen molar-refractivity contribution in [1.82, 2.24) is 4.90 Å². The molecule has 17 heavy (non-hydrogen) atoms. The Bertz CT molecular complexity index is 334. The summed E-state index contributed by atoms with van der Waals surface area (Å²) in [5.74, 6) is 1.69. The standard InChI is InChI=1S/C16H25N/c1-12(2)17(13(3)4)11-15-10-16(15)14-8-6-5-7-9-14/h5-9,12-13,15-16H,10-11H2,1-4H3/t15-,16-/m0/s1. The van der Waals surface area contributed by atoms with Crippen LogP contribution in [-0.4, -0.2) is 23.5 Å². The zero-order chi connectivity index (χ0) is 12.4. The van der Waals surface area contributed by atoms with Gasteiger partial charge in [0, 0.05) is 18.6 Å². The van der Waals surface area contributed by atoms with Crippen LogP contribution in [0.5, 0.6) is 0 Å². The lowest BCUT2D eigenvalue weighted by Gasteiger charge is -2.30. The van der Waals surface area contributed by atoms with Crippen molar-refractivity contribution in [2.24, 2.45) is 5.92 Å². The van der Waals surface area contributed by atoms with E-state index in [4.69, 9.17) is 0 Å². The normalized spacial score (nSPS) is 23.7. The first-order valence-electron chi connectivity index (χ1n) is 6.90. The van der Waals surface area contributed by atoms with Crippen molar-refractivity contribution in [2.75, 3.05) is 6.54 Å². The Morgan fingerprint density at radius 2 is 1.65 bits per heavy atom. The SMILES string of the molecule is CC(C)N(C[C@@H]1C[C@H]1c1ccccc1)C(C)C. The van der Waals surface area contributed by atoms with Gasteiger partial charge in [0.25, 0.3) is 0 Å². The predicted molar refractivity (Wildman–Crippen MR) is 74.3 cm³/mol. The predicted octanol–water partition coefficient (Wildman–Crippen LogP) is 3.91. The van der Waals surface area contributed by atoms with Crippen LogP contribution in [0.25, 0.3) is 0 Å². The molecule has 0 unspecified atom stereocenters. The average Bonchev–Trinajstić information content (AvgIpc) is 3.05. The molecule has 94 valence electrons. The molecule has 1 fully saturated rings. The van der Waals surface area contributed by atoms with E-state index >= 15 is 0 Å². The average molecular weight is 231 g/mol. The van der Waals surface area contributed by atoms with Crippen LogP contribution in [0.3, 0.4) is 0 Å². The number of benzene rings is 1. The Labute approximate surface area is 106 Å². The van der Waals surface area contributed by atoms with Crippen LogP contribution < -0.4 is 0 Å². The molecule has 1 saturated carbocycles. The Hall–Kier alpha value is -0.820. The van der Waals surface area contributed by atoms with Crippen LogP contribution in [0.15, 0.2) is 30.3 Å². The lowest BCUT2D eigenvalue weighted by atomic mass is 10.1. The van der Waals surface area contributed by atoms with Gasteiger partial charge in [-0.05, 0) is 51.5 Å². The molecule has 1 nitrogen and oxygen atoms in total. The number of rotatable bonds is 5. The lowest BCUT2D eigenvalue weighted by molar-refractivity contribution is 0.166. The molecule has 0 amide bonds. The summed E-state index contributed by atoms with van der Waals surface area (Å²) in [6, 6.07) is 12.3. The summed E-state index contributed by atoms with van der Waals surface area (Å²) in [7, 11) is 0. The minimum Gasteiger partial charge on any atom is -0.298 e. The van der Waals surface area contributed by atoms with E-state index in [0.29, 0.717) is 12.1 Å². The van der Waals surface area contributed by atoms with Gasteiger partial charge < -0.3 is 0 Å². The summed E-state index contributed by atoms with van der Waals surface area (Å²) in [5, 5.41) is 0. The van der Waals surface area contributed by atoms with Gasteiger partial charge in [0.1, 0.15) is 0 Å².